The summed E-state index contributed by atoms with van der Waals surface area (Å²) in [6.45, 7) is 2.77. The number of rotatable bonds is 8. The lowest BCUT2D eigenvalue weighted by Gasteiger charge is -2.19. The van der Waals surface area contributed by atoms with Crippen LogP contribution in [0.3, 0.4) is 0 Å². The maximum atomic E-state index is 13.6. The summed E-state index contributed by atoms with van der Waals surface area (Å²) in [7, 11) is 1.54. The molecular formula is C21H24FN3O5. The van der Waals surface area contributed by atoms with E-state index < -0.39 is 29.8 Å². The van der Waals surface area contributed by atoms with Crippen LogP contribution in [0.2, 0.25) is 0 Å². The normalized spacial score (nSPS) is 12.3. The molecule has 3 N–H and O–H groups in total. The van der Waals surface area contributed by atoms with E-state index in [2.05, 4.69) is 16.2 Å². The van der Waals surface area contributed by atoms with Crippen LogP contribution in [0, 0.1) is 5.82 Å². The number of methoxy groups -OCH3 is 1. The Morgan fingerprint density at radius 2 is 1.70 bits per heavy atom. The number of para-hydroxylation sites is 1. The molecule has 0 heterocycles. The minimum Gasteiger partial charge on any atom is -0.497 e. The third-order valence-corrected chi connectivity index (χ3v) is 4.12. The molecule has 0 fully saturated rings. The van der Waals surface area contributed by atoms with Crippen LogP contribution in [0.1, 0.15) is 31.9 Å². The molecule has 30 heavy (non-hydrogen) atoms. The number of hydrogen-bond acceptors (Lipinski definition) is 5. The lowest BCUT2D eigenvalue weighted by Crippen LogP contribution is -2.48. The lowest BCUT2D eigenvalue weighted by atomic mass is 10.0. The van der Waals surface area contributed by atoms with E-state index in [1.54, 1.807) is 30.3 Å². The van der Waals surface area contributed by atoms with Gasteiger partial charge in [0.2, 0.25) is 11.8 Å². The number of carbonyl (C=O) groups excluding carboxylic acids is 3. The second-order valence-electron chi connectivity index (χ2n) is 6.46. The summed E-state index contributed by atoms with van der Waals surface area (Å²) in [6, 6.07) is 12.0. The van der Waals surface area contributed by atoms with E-state index in [0.717, 1.165) is 0 Å². The molecule has 9 heteroatoms. The Morgan fingerprint density at radius 1 is 1.03 bits per heavy atom. The molecule has 0 saturated heterocycles. The van der Waals surface area contributed by atoms with Crippen molar-refractivity contribution in [1.29, 1.82) is 0 Å². The van der Waals surface area contributed by atoms with Crippen LogP contribution in [-0.2, 0) is 14.4 Å². The highest BCUT2D eigenvalue weighted by molar-refractivity contribution is 5.85. The molecule has 3 amide bonds. The van der Waals surface area contributed by atoms with Crippen molar-refractivity contribution in [1.82, 2.24) is 16.2 Å². The van der Waals surface area contributed by atoms with Gasteiger partial charge in [-0.1, -0.05) is 24.3 Å². The van der Waals surface area contributed by atoms with Gasteiger partial charge in [0.05, 0.1) is 19.6 Å². The van der Waals surface area contributed by atoms with E-state index >= 15 is 0 Å². The highest BCUT2D eigenvalue weighted by atomic mass is 19.1. The molecule has 0 unspecified atom stereocenters. The SMILES string of the molecule is COc1ccc([C@@H](CC(=O)NNC(=O)[C@H](C)Oc2ccccc2F)NC(C)=O)cc1. The molecule has 2 rings (SSSR count). The zero-order valence-corrected chi connectivity index (χ0v) is 16.9. The van der Waals surface area contributed by atoms with Crippen LogP contribution in [0.5, 0.6) is 11.5 Å². The summed E-state index contributed by atoms with van der Waals surface area (Å²) in [5.74, 6) is -1.53. The molecule has 0 aliphatic heterocycles. The molecule has 0 radical (unpaired) electrons. The number of benzene rings is 2. The highest BCUT2D eigenvalue weighted by Gasteiger charge is 2.20. The Balaban J connectivity index is 1.91. The van der Waals surface area contributed by atoms with Crippen molar-refractivity contribution < 1.29 is 28.2 Å². The maximum Gasteiger partial charge on any atom is 0.279 e. The van der Waals surface area contributed by atoms with Gasteiger partial charge in [-0.3, -0.25) is 25.2 Å². The summed E-state index contributed by atoms with van der Waals surface area (Å²) in [5, 5.41) is 2.69. The molecule has 0 saturated carbocycles. The van der Waals surface area contributed by atoms with Crippen molar-refractivity contribution in [2.45, 2.75) is 32.4 Å². The van der Waals surface area contributed by atoms with Gasteiger partial charge in [-0.15, -0.1) is 0 Å². The van der Waals surface area contributed by atoms with Gasteiger partial charge in [0.25, 0.3) is 5.91 Å². The van der Waals surface area contributed by atoms with E-state index in [1.165, 1.54) is 39.2 Å². The molecule has 0 spiro atoms. The Bertz CT molecular complexity index is 888. The maximum absolute atomic E-state index is 13.6. The Kier molecular flexibility index (Phi) is 8.16. The Hall–Kier alpha value is -3.62. The third-order valence-electron chi connectivity index (χ3n) is 4.12. The number of hydrogen-bond donors (Lipinski definition) is 3. The lowest BCUT2D eigenvalue weighted by molar-refractivity contribution is -0.133. The monoisotopic (exact) mass is 417 g/mol. The largest absolute Gasteiger partial charge is 0.497 e. The van der Waals surface area contributed by atoms with Crippen molar-refractivity contribution in [3.8, 4) is 11.5 Å². The first kappa shape index (κ1) is 22.7. The summed E-state index contributed by atoms with van der Waals surface area (Å²) in [4.78, 5) is 35.9. The van der Waals surface area contributed by atoms with Crippen molar-refractivity contribution >= 4 is 17.7 Å². The Morgan fingerprint density at radius 3 is 2.30 bits per heavy atom. The van der Waals surface area contributed by atoms with E-state index in [4.69, 9.17) is 9.47 Å². The molecule has 2 aromatic rings. The van der Waals surface area contributed by atoms with Gasteiger partial charge in [0.1, 0.15) is 5.75 Å². The first-order chi connectivity index (χ1) is 14.3. The first-order valence-electron chi connectivity index (χ1n) is 9.21. The minimum atomic E-state index is -1.05. The highest BCUT2D eigenvalue weighted by Crippen LogP contribution is 2.20. The molecule has 0 aromatic heterocycles. The van der Waals surface area contributed by atoms with Gasteiger partial charge in [0, 0.05) is 6.92 Å². The van der Waals surface area contributed by atoms with Crippen molar-refractivity contribution in [2.24, 2.45) is 0 Å². The second kappa shape index (κ2) is 10.8. The smallest absolute Gasteiger partial charge is 0.279 e. The summed E-state index contributed by atoms with van der Waals surface area (Å²) < 4.78 is 24.0. The molecule has 2 atom stereocenters. The standard InChI is InChI=1S/C21H24FN3O5/c1-13(30-19-7-5-4-6-17(19)22)21(28)25-24-20(27)12-18(23-14(2)26)15-8-10-16(29-3)11-9-15/h4-11,13,18H,12H2,1-3H3,(H,23,26)(H,24,27)(H,25,28)/t13-,18+/m0/s1. The summed E-state index contributed by atoms with van der Waals surface area (Å²) >= 11 is 0. The van der Waals surface area contributed by atoms with E-state index in [0.29, 0.717) is 11.3 Å². The van der Waals surface area contributed by atoms with E-state index in [-0.39, 0.29) is 18.1 Å². The molecule has 8 nitrogen and oxygen atoms in total. The van der Waals surface area contributed by atoms with Crippen LogP contribution >= 0.6 is 0 Å². The molecule has 0 bridgehead atoms. The van der Waals surface area contributed by atoms with Gasteiger partial charge in [-0.2, -0.15) is 0 Å². The van der Waals surface area contributed by atoms with Crippen molar-refractivity contribution in [2.75, 3.05) is 7.11 Å². The number of carbonyl (C=O) groups is 3. The molecule has 2 aromatic carbocycles. The summed E-state index contributed by atoms with van der Waals surface area (Å²) in [6.07, 6.45) is -1.16. The fourth-order valence-electron chi connectivity index (χ4n) is 2.59. The number of halogens is 1. The number of hydrazine groups is 1. The van der Waals surface area contributed by atoms with Crippen LogP contribution in [0.25, 0.3) is 0 Å². The third kappa shape index (κ3) is 6.77. The Labute approximate surface area is 173 Å². The van der Waals surface area contributed by atoms with Crippen molar-refractivity contribution in [3.05, 3.63) is 59.9 Å². The zero-order chi connectivity index (χ0) is 22.1. The quantitative estimate of drug-likeness (QED) is 0.570. The van der Waals surface area contributed by atoms with Gasteiger partial charge < -0.3 is 14.8 Å². The van der Waals surface area contributed by atoms with Gasteiger partial charge >= 0.3 is 0 Å². The van der Waals surface area contributed by atoms with E-state index in [9.17, 15) is 18.8 Å². The molecule has 0 aliphatic carbocycles. The van der Waals surface area contributed by atoms with Gasteiger partial charge in [-0.25, -0.2) is 4.39 Å². The molecule has 0 aliphatic rings. The number of ether oxygens (including phenoxy) is 2. The summed E-state index contributed by atoms with van der Waals surface area (Å²) in [5.41, 5.74) is 5.20. The van der Waals surface area contributed by atoms with Crippen LogP contribution in [0.15, 0.2) is 48.5 Å². The zero-order valence-electron chi connectivity index (χ0n) is 16.9. The van der Waals surface area contributed by atoms with Crippen molar-refractivity contribution in [3.63, 3.8) is 0 Å². The predicted molar refractivity (Wildman–Crippen MR) is 107 cm³/mol. The molecular weight excluding hydrogens is 393 g/mol. The number of nitrogens with one attached hydrogen (secondary N) is 3. The fourth-order valence-corrected chi connectivity index (χ4v) is 2.59. The van der Waals surface area contributed by atoms with Crippen LogP contribution in [-0.4, -0.2) is 30.9 Å². The van der Waals surface area contributed by atoms with Gasteiger partial charge in [0.15, 0.2) is 17.7 Å². The predicted octanol–water partition coefficient (Wildman–Crippen LogP) is 2.02. The average Bonchev–Trinajstić information content (AvgIpc) is 2.72. The first-order valence-corrected chi connectivity index (χ1v) is 9.21. The molecule has 160 valence electrons. The fraction of sp³-hybridized carbons (Fsp3) is 0.286. The van der Waals surface area contributed by atoms with Crippen LogP contribution < -0.4 is 25.6 Å². The number of amides is 3. The van der Waals surface area contributed by atoms with Gasteiger partial charge in [-0.05, 0) is 36.8 Å². The second-order valence-corrected chi connectivity index (χ2v) is 6.46. The van der Waals surface area contributed by atoms with E-state index in [1.807, 2.05) is 0 Å². The average molecular weight is 417 g/mol. The minimum absolute atomic E-state index is 0.0725. The topological polar surface area (TPSA) is 106 Å². The van der Waals surface area contributed by atoms with Crippen LogP contribution in [0.4, 0.5) is 4.39 Å².